The molecule has 142 valence electrons. The number of alkyl halides is 3. The standard InChI is InChI=1S/C17H29F3O4/c1-11(17(18,19)20)12(14(22)24-10-16(5,6)7)8-13(21)23-9-15(2,3)4/h11-12H,8-10H2,1-7H3. The molecule has 0 N–H and O–H groups in total. The van der Waals surface area contributed by atoms with Crippen LogP contribution in [-0.4, -0.2) is 31.3 Å². The molecule has 0 rings (SSSR count). The fourth-order valence-electron chi connectivity index (χ4n) is 1.62. The van der Waals surface area contributed by atoms with Gasteiger partial charge >= 0.3 is 18.1 Å². The van der Waals surface area contributed by atoms with Crippen LogP contribution in [-0.2, 0) is 19.1 Å². The summed E-state index contributed by atoms with van der Waals surface area (Å²) < 4.78 is 49.0. The summed E-state index contributed by atoms with van der Waals surface area (Å²) in [5.41, 5.74) is -0.692. The molecule has 7 heteroatoms. The fourth-order valence-corrected chi connectivity index (χ4v) is 1.62. The molecular weight excluding hydrogens is 325 g/mol. The number of halogens is 3. The number of hydrogen-bond acceptors (Lipinski definition) is 4. The van der Waals surface area contributed by atoms with Crippen molar-refractivity contribution in [1.29, 1.82) is 0 Å². The Morgan fingerprint density at radius 2 is 1.29 bits per heavy atom. The van der Waals surface area contributed by atoms with Crippen LogP contribution in [0.2, 0.25) is 0 Å². The van der Waals surface area contributed by atoms with Crippen molar-refractivity contribution in [2.24, 2.45) is 22.7 Å². The summed E-state index contributed by atoms with van der Waals surface area (Å²) >= 11 is 0. The zero-order valence-electron chi connectivity index (χ0n) is 15.5. The Hall–Kier alpha value is -1.27. The van der Waals surface area contributed by atoms with Gasteiger partial charge in [0.1, 0.15) is 0 Å². The molecule has 0 aliphatic rings. The quantitative estimate of drug-likeness (QED) is 0.665. The minimum Gasteiger partial charge on any atom is -0.465 e. The Morgan fingerprint density at radius 1 is 0.875 bits per heavy atom. The van der Waals surface area contributed by atoms with E-state index in [9.17, 15) is 22.8 Å². The number of ether oxygens (including phenoxy) is 2. The van der Waals surface area contributed by atoms with Crippen LogP contribution in [0, 0.1) is 22.7 Å². The highest BCUT2D eigenvalue weighted by Gasteiger charge is 2.46. The van der Waals surface area contributed by atoms with Gasteiger partial charge in [0.25, 0.3) is 0 Å². The van der Waals surface area contributed by atoms with E-state index in [4.69, 9.17) is 9.47 Å². The number of esters is 2. The third-order valence-electron chi connectivity index (χ3n) is 3.12. The summed E-state index contributed by atoms with van der Waals surface area (Å²) in [7, 11) is 0. The molecule has 0 aromatic heterocycles. The highest BCUT2D eigenvalue weighted by atomic mass is 19.4. The number of carbonyl (C=O) groups is 2. The van der Waals surface area contributed by atoms with Crippen LogP contribution in [0.25, 0.3) is 0 Å². The van der Waals surface area contributed by atoms with Gasteiger partial charge in [0, 0.05) is 0 Å². The first-order valence-electron chi connectivity index (χ1n) is 7.92. The van der Waals surface area contributed by atoms with Crippen molar-refractivity contribution < 1.29 is 32.2 Å². The molecule has 24 heavy (non-hydrogen) atoms. The number of rotatable bonds is 6. The van der Waals surface area contributed by atoms with Gasteiger partial charge in [-0.3, -0.25) is 9.59 Å². The van der Waals surface area contributed by atoms with E-state index in [-0.39, 0.29) is 24.0 Å². The fraction of sp³-hybridized carbons (Fsp3) is 0.882. The van der Waals surface area contributed by atoms with Gasteiger partial charge in [0.05, 0.1) is 31.5 Å². The molecule has 0 bridgehead atoms. The van der Waals surface area contributed by atoms with Gasteiger partial charge in [0.15, 0.2) is 0 Å². The minimum atomic E-state index is -4.60. The zero-order valence-corrected chi connectivity index (χ0v) is 15.5. The highest BCUT2D eigenvalue weighted by Crippen LogP contribution is 2.34. The average molecular weight is 354 g/mol. The normalized spacial score (nSPS) is 15.6. The van der Waals surface area contributed by atoms with E-state index in [1.54, 1.807) is 20.8 Å². The number of carbonyl (C=O) groups excluding carboxylic acids is 2. The monoisotopic (exact) mass is 354 g/mol. The summed E-state index contributed by atoms with van der Waals surface area (Å²) in [5.74, 6) is -5.46. The lowest BCUT2D eigenvalue weighted by Crippen LogP contribution is -2.37. The number of hydrogen-bond donors (Lipinski definition) is 0. The molecule has 0 radical (unpaired) electrons. The molecule has 0 heterocycles. The molecule has 0 saturated heterocycles. The Labute approximate surface area is 142 Å². The van der Waals surface area contributed by atoms with Crippen molar-refractivity contribution in [3.05, 3.63) is 0 Å². The second-order valence-electron chi connectivity index (χ2n) is 8.53. The van der Waals surface area contributed by atoms with Crippen LogP contribution in [0.5, 0.6) is 0 Å². The SMILES string of the molecule is CC(C(CC(=O)OCC(C)(C)C)C(=O)OCC(C)(C)C)C(F)(F)F. The van der Waals surface area contributed by atoms with E-state index in [0.717, 1.165) is 6.92 Å². The van der Waals surface area contributed by atoms with E-state index in [2.05, 4.69) is 0 Å². The van der Waals surface area contributed by atoms with Crippen molar-refractivity contribution >= 4 is 11.9 Å². The zero-order chi connectivity index (χ0) is 19.3. The lowest BCUT2D eigenvalue weighted by Gasteiger charge is -2.26. The average Bonchev–Trinajstić information content (AvgIpc) is 2.36. The third-order valence-corrected chi connectivity index (χ3v) is 3.12. The van der Waals surface area contributed by atoms with E-state index < -0.39 is 36.4 Å². The third kappa shape index (κ3) is 9.78. The summed E-state index contributed by atoms with van der Waals surface area (Å²) in [4.78, 5) is 23.9. The predicted octanol–water partition coefficient (Wildman–Crippen LogP) is 4.37. The molecule has 0 aliphatic carbocycles. The highest BCUT2D eigenvalue weighted by molar-refractivity contribution is 5.80. The first-order valence-corrected chi connectivity index (χ1v) is 7.92. The predicted molar refractivity (Wildman–Crippen MR) is 84.2 cm³/mol. The Bertz CT molecular complexity index is 431. The molecule has 0 amide bonds. The van der Waals surface area contributed by atoms with Gasteiger partial charge in [-0.05, 0) is 10.8 Å². The molecule has 2 atom stereocenters. The summed E-state index contributed by atoms with van der Waals surface area (Å²) in [6, 6.07) is 0. The van der Waals surface area contributed by atoms with Crippen molar-refractivity contribution in [1.82, 2.24) is 0 Å². The second-order valence-corrected chi connectivity index (χ2v) is 8.53. The molecule has 4 nitrogen and oxygen atoms in total. The van der Waals surface area contributed by atoms with Crippen LogP contribution in [0.3, 0.4) is 0 Å². The molecular formula is C17H29F3O4. The van der Waals surface area contributed by atoms with Gasteiger partial charge in [-0.15, -0.1) is 0 Å². The van der Waals surface area contributed by atoms with Crippen LogP contribution >= 0.6 is 0 Å². The van der Waals surface area contributed by atoms with Gasteiger partial charge in [-0.25, -0.2) is 0 Å². The summed E-state index contributed by atoms with van der Waals surface area (Å²) in [6.07, 6.45) is -5.25. The smallest absolute Gasteiger partial charge is 0.392 e. The molecule has 0 aliphatic heterocycles. The Balaban J connectivity index is 5.01. The van der Waals surface area contributed by atoms with E-state index in [1.165, 1.54) is 0 Å². The molecule has 0 saturated carbocycles. The molecule has 0 aromatic rings. The van der Waals surface area contributed by atoms with Gasteiger partial charge in [0.2, 0.25) is 0 Å². The second kappa shape index (κ2) is 8.21. The van der Waals surface area contributed by atoms with Gasteiger partial charge in [-0.1, -0.05) is 48.5 Å². The lowest BCUT2D eigenvalue weighted by molar-refractivity contribution is -0.197. The molecule has 0 spiro atoms. The van der Waals surface area contributed by atoms with Crippen molar-refractivity contribution in [2.75, 3.05) is 13.2 Å². The van der Waals surface area contributed by atoms with Crippen molar-refractivity contribution in [2.45, 2.75) is 61.1 Å². The van der Waals surface area contributed by atoms with Crippen molar-refractivity contribution in [3.63, 3.8) is 0 Å². The largest absolute Gasteiger partial charge is 0.465 e. The lowest BCUT2D eigenvalue weighted by atomic mass is 9.90. The maximum atomic E-state index is 13.0. The van der Waals surface area contributed by atoms with Gasteiger partial charge in [-0.2, -0.15) is 13.2 Å². The molecule has 0 fully saturated rings. The van der Waals surface area contributed by atoms with E-state index in [1.807, 2.05) is 20.8 Å². The van der Waals surface area contributed by atoms with Crippen LogP contribution in [0.4, 0.5) is 13.2 Å². The summed E-state index contributed by atoms with van der Waals surface area (Å²) in [6.45, 7) is 11.8. The van der Waals surface area contributed by atoms with Crippen molar-refractivity contribution in [3.8, 4) is 0 Å². The Kier molecular flexibility index (Phi) is 7.77. The van der Waals surface area contributed by atoms with Crippen LogP contribution in [0.1, 0.15) is 54.9 Å². The maximum absolute atomic E-state index is 13.0. The Morgan fingerprint density at radius 3 is 1.67 bits per heavy atom. The maximum Gasteiger partial charge on any atom is 0.392 e. The van der Waals surface area contributed by atoms with Gasteiger partial charge < -0.3 is 9.47 Å². The van der Waals surface area contributed by atoms with E-state index >= 15 is 0 Å². The first kappa shape index (κ1) is 22.7. The summed E-state index contributed by atoms with van der Waals surface area (Å²) in [5, 5.41) is 0. The van der Waals surface area contributed by atoms with Crippen LogP contribution < -0.4 is 0 Å². The minimum absolute atomic E-state index is 0.0239. The topological polar surface area (TPSA) is 52.6 Å². The molecule has 0 aromatic carbocycles. The first-order chi connectivity index (χ1) is 10.5. The van der Waals surface area contributed by atoms with Crippen LogP contribution in [0.15, 0.2) is 0 Å². The van der Waals surface area contributed by atoms with E-state index in [0.29, 0.717) is 0 Å². The molecule has 2 unspecified atom stereocenters.